The van der Waals surface area contributed by atoms with Gasteiger partial charge >= 0.3 is 0 Å². The summed E-state index contributed by atoms with van der Waals surface area (Å²) in [4.78, 5) is 22.1. The summed E-state index contributed by atoms with van der Waals surface area (Å²) in [5, 5.41) is 0. The maximum Gasteiger partial charge on any atom is 0.188 e. The molecule has 4 rings (SSSR count). The zero-order valence-corrected chi connectivity index (χ0v) is 16.0. The minimum Gasteiger partial charge on any atom is -0.337 e. The van der Waals surface area contributed by atoms with Crippen LogP contribution < -0.4 is 0 Å². The largest absolute Gasteiger partial charge is 0.337 e. The number of Topliss-reactive ketones (excluding diaryl/α,β-unsaturated/α-hetero) is 1. The standard InChI is InChI=1S/C22H22N4O/c1-14-5-8-17(9-6-14)22-18(26-12-15(2)7-10-20(26)24-22)11-19(27)21-16(3)25(4)13-23-21/h5-10,12-13H,11H2,1-4H3. The summed E-state index contributed by atoms with van der Waals surface area (Å²) in [6.45, 7) is 6.02. The number of fused-ring (bicyclic) bond motifs is 1. The molecule has 0 amide bonds. The lowest BCUT2D eigenvalue weighted by Crippen LogP contribution is -2.09. The van der Waals surface area contributed by atoms with Crippen LogP contribution in [-0.2, 0) is 13.5 Å². The maximum atomic E-state index is 13.0. The summed E-state index contributed by atoms with van der Waals surface area (Å²) >= 11 is 0. The fraction of sp³-hybridized carbons (Fsp3) is 0.227. The summed E-state index contributed by atoms with van der Waals surface area (Å²) in [6.07, 6.45) is 3.97. The summed E-state index contributed by atoms with van der Waals surface area (Å²) in [6, 6.07) is 12.3. The Morgan fingerprint density at radius 2 is 1.70 bits per heavy atom. The van der Waals surface area contributed by atoms with Crippen LogP contribution >= 0.6 is 0 Å². The number of benzene rings is 1. The van der Waals surface area contributed by atoms with Gasteiger partial charge in [-0.3, -0.25) is 4.79 Å². The van der Waals surface area contributed by atoms with Gasteiger partial charge in [-0.15, -0.1) is 0 Å². The molecule has 0 spiro atoms. The van der Waals surface area contributed by atoms with Crippen LogP contribution in [-0.4, -0.2) is 24.7 Å². The number of carbonyl (C=O) groups excluding carboxylic acids is 1. The van der Waals surface area contributed by atoms with Gasteiger partial charge in [-0.1, -0.05) is 35.9 Å². The van der Waals surface area contributed by atoms with Crippen molar-refractivity contribution >= 4 is 11.4 Å². The lowest BCUT2D eigenvalue weighted by molar-refractivity contribution is 0.0986. The van der Waals surface area contributed by atoms with Crippen molar-refractivity contribution in [2.75, 3.05) is 0 Å². The molecule has 3 aromatic heterocycles. The number of rotatable bonds is 4. The van der Waals surface area contributed by atoms with E-state index in [1.165, 1.54) is 5.56 Å². The van der Waals surface area contributed by atoms with E-state index in [9.17, 15) is 4.79 Å². The molecule has 4 aromatic rings. The van der Waals surface area contributed by atoms with Gasteiger partial charge in [0.15, 0.2) is 5.78 Å². The van der Waals surface area contributed by atoms with E-state index in [4.69, 9.17) is 4.98 Å². The number of nitrogens with zero attached hydrogens (tertiary/aromatic N) is 4. The monoisotopic (exact) mass is 358 g/mol. The molecule has 3 heterocycles. The predicted molar refractivity (Wildman–Crippen MR) is 106 cm³/mol. The smallest absolute Gasteiger partial charge is 0.188 e. The number of pyridine rings is 1. The van der Waals surface area contributed by atoms with E-state index in [2.05, 4.69) is 36.2 Å². The molecule has 0 saturated heterocycles. The molecule has 27 heavy (non-hydrogen) atoms. The van der Waals surface area contributed by atoms with Crippen LogP contribution in [0.15, 0.2) is 48.9 Å². The Morgan fingerprint density at radius 3 is 2.37 bits per heavy atom. The van der Waals surface area contributed by atoms with E-state index in [0.717, 1.165) is 33.9 Å². The molecule has 136 valence electrons. The highest BCUT2D eigenvalue weighted by Crippen LogP contribution is 2.26. The Hall–Kier alpha value is -3.21. The van der Waals surface area contributed by atoms with E-state index in [1.807, 2.05) is 48.2 Å². The highest BCUT2D eigenvalue weighted by atomic mass is 16.1. The first kappa shape index (κ1) is 17.2. The minimum absolute atomic E-state index is 0.00441. The van der Waals surface area contributed by atoms with E-state index < -0.39 is 0 Å². The van der Waals surface area contributed by atoms with Crippen LogP contribution in [0.3, 0.4) is 0 Å². The fourth-order valence-electron chi connectivity index (χ4n) is 3.31. The average Bonchev–Trinajstić information content (AvgIpc) is 3.16. The molecule has 0 aliphatic heterocycles. The molecule has 5 heteroatoms. The third-order valence-corrected chi connectivity index (χ3v) is 5.01. The van der Waals surface area contributed by atoms with E-state index >= 15 is 0 Å². The van der Waals surface area contributed by atoms with E-state index in [0.29, 0.717) is 5.69 Å². The molecule has 5 nitrogen and oxygen atoms in total. The van der Waals surface area contributed by atoms with Crippen LogP contribution in [0.2, 0.25) is 0 Å². The van der Waals surface area contributed by atoms with Crippen LogP contribution in [0.4, 0.5) is 0 Å². The molecular weight excluding hydrogens is 336 g/mol. The number of aryl methyl sites for hydroxylation is 3. The fourth-order valence-corrected chi connectivity index (χ4v) is 3.31. The van der Waals surface area contributed by atoms with Gasteiger partial charge in [0.2, 0.25) is 0 Å². The van der Waals surface area contributed by atoms with Gasteiger partial charge in [0.1, 0.15) is 11.3 Å². The van der Waals surface area contributed by atoms with Gasteiger partial charge in [0.05, 0.1) is 24.1 Å². The van der Waals surface area contributed by atoms with Gasteiger partial charge in [-0.2, -0.15) is 0 Å². The maximum absolute atomic E-state index is 13.0. The highest BCUT2D eigenvalue weighted by Gasteiger charge is 2.21. The molecule has 0 atom stereocenters. The average molecular weight is 358 g/mol. The molecule has 0 aliphatic rings. The molecule has 0 aliphatic carbocycles. The van der Waals surface area contributed by atoms with Gasteiger partial charge in [-0.25, -0.2) is 9.97 Å². The molecule has 0 fully saturated rings. The van der Waals surface area contributed by atoms with Crippen molar-refractivity contribution in [3.05, 3.63) is 77.1 Å². The van der Waals surface area contributed by atoms with Gasteiger partial charge in [0, 0.05) is 24.5 Å². The van der Waals surface area contributed by atoms with E-state index in [1.54, 1.807) is 6.33 Å². The zero-order valence-electron chi connectivity index (χ0n) is 16.0. The number of aromatic nitrogens is 4. The second-order valence-corrected chi connectivity index (χ2v) is 7.10. The first-order chi connectivity index (χ1) is 12.9. The Labute approximate surface area is 158 Å². The molecule has 0 radical (unpaired) electrons. The van der Waals surface area contributed by atoms with Crippen molar-refractivity contribution in [1.82, 2.24) is 18.9 Å². The van der Waals surface area contributed by atoms with Crippen LogP contribution in [0.25, 0.3) is 16.9 Å². The Kier molecular flexibility index (Phi) is 4.15. The summed E-state index contributed by atoms with van der Waals surface area (Å²) < 4.78 is 3.90. The lowest BCUT2D eigenvalue weighted by atomic mass is 10.0. The lowest BCUT2D eigenvalue weighted by Gasteiger charge is -2.06. The predicted octanol–water partition coefficient (Wildman–Crippen LogP) is 4.09. The zero-order chi connectivity index (χ0) is 19.1. The Morgan fingerprint density at radius 1 is 1.00 bits per heavy atom. The van der Waals surface area contributed by atoms with Crippen LogP contribution in [0, 0.1) is 20.8 Å². The Bertz CT molecular complexity index is 1150. The SMILES string of the molecule is Cc1ccc(-c2nc3ccc(C)cn3c2CC(=O)c2ncn(C)c2C)cc1. The molecule has 1 aromatic carbocycles. The second kappa shape index (κ2) is 6.50. The van der Waals surface area contributed by atoms with Crippen molar-refractivity contribution in [3.63, 3.8) is 0 Å². The minimum atomic E-state index is 0.00441. The summed E-state index contributed by atoms with van der Waals surface area (Å²) in [5.41, 5.74) is 7.32. The van der Waals surface area contributed by atoms with Gasteiger partial charge in [-0.05, 0) is 32.4 Å². The highest BCUT2D eigenvalue weighted by molar-refractivity contribution is 5.97. The van der Waals surface area contributed by atoms with Crippen LogP contribution in [0.1, 0.15) is 33.0 Å². The summed E-state index contributed by atoms with van der Waals surface area (Å²) in [5.74, 6) is 0.00441. The first-order valence-electron chi connectivity index (χ1n) is 9.00. The quantitative estimate of drug-likeness (QED) is 0.517. The van der Waals surface area contributed by atoms with Crippen molar-refractivity contribution < 1.29 is 4.79 Å². The molecular formula is C22H22N4O. The number of hydrogen-bond acceptors (Lipinski definition) is 3. The van der Waals surface area contributed by atoms with E-state index in [-0.39, 0.29) is 12.2 Å². The van der Waals surface area contributed by atoms with Crippen molar-refractivity contribution in [1.29, 1.82) is 0 Å². The number of imidazole rings is 2. The van der Waals surface area contributed by atoms with Crippen molar-refractivity contribution in [2.24, 2.45) is 7.05 Å². The van der Waals surface area contributed by atoms with Gasteiger partial charge in [0.25, 0.3) is 0 Å². The van der Waals surface area contributed by atoms with Gasteiger partial charge < -0.3 is 8.97 Å². The summed E-state index contributed by atoms with van der Waals surface area (Å²) in [7, 11) is 1.90. The molecule has 0 bridgehead atoms. The first-order valence-corrected chi connectivity index (χ1v) is 9.00. The number of carbonyl (C=O) groups is 1. The number of ketones is 1. The second-order valence-electron chi connectivity index (χ2n) is 7.10. The third kappa shape index (κ3) is 3.05. The molecule has 0 N–H and O–H groups in total. The normalized spacial score (nSPS) is 11.3. The van der Waals surface area contributed by atoms with Crippen molar-refractivity contribution in [2.45, 2.75) is 27.2 Å². The molecule has 0 unspecified atom stereocenters. The molecule has 0 saturated carbocycles. The van der Waals surface area contributed by atoms with Crippen LogP contribution in [0.5, 0.6) is 0 Å². The van der Waals surface area contributed by atoms with Crippen molar-refractivity contribution in [3.8, 4) is 11.3 Å². The number of hydrogen-bond donors (Lipinski definition) is 0. The topological polar surface area (TPSA) is 52.2 Å². The Balaban J connectivity index is 1.85. The third-order valence-electron chi connectivity index (χ3n) is 5.01.